The third kappa shape index (κ3) is 4.81. The Morgan fingerprint density at radius 1 is 1.26 bits per heavy atom. The van der Waals surface area contributed by atoms with E-state index in [1.807, 2.05) is 38.1 Å². The van der Waals surface area contributed by atoms with Crippen molar-refractivity contribution in [3.05, 3.63) is 29.8 Å². The second kappa shape index (κ2) is 7.47. The van der Waals surface area contributed by atoms with Crippen LogP contribution >= 0.6 is 0 Å². The lowest BCUT2D eigenvalue weighted by Crippen LogP contribution is -2.41. The first-order valence-electron chi connectivity index (χ1n) is 6.41. The van der Waals surface area contributed by atoms with E-state index in [1.165, 1.54) is 4.31 Å². The number of nitrogens with zero attached hydrogens (tertiary/aromatic N) is 1. The van der Waals surface area contributed by atoms with Gasteiger partial charge in [0.1, 0.15) is 5.75 Å². The molecule has 0 saturated carbocycles. The second-order valence-corrected chi connectivity index (χ2v) is 5.84. The van der Waals surface area contributed by atoms with Crippen LogP contribution in [0.2, 0.25) is 0 Å². The molecule has 0 aliphatic carbocycles. The van der Waals surface area contributed by atoms with Crippen molar-refractivity contribution in [2.75, 3.05) is 26.7 Å². The number of nitrogens with one attached hydrogen (secondary N) is 1. The van der Waals surface area contributed by atoms with Gasteiger partial charge in [-0.2, -0.15) is 12.7 Å². The molecule has 1 N–H and O–H groups in total. The first-order chi connectivity index (χ1) is 9.03. The van der Waals surface area contributed by atoms with E-state index in [1.54, 1.807) is 7.11 Å². The van der Waals surface area contributed by atoms with Crippen molar-refractivity contribution < 1.29 is 13.2 Å². The van der Waals surface area contributed by atoms with E-state index in [0.29, 0.717) is 26.1 Å². The monoisotopic (exact) mass is 286 g/mol. The van der Waals surface area contributed by atoms with Crippen LogP contribution in [0.1, 0.15) is 19.4 Å². The average molecular weight is 286 g/mol. The van der Waals surface area contributed by atoms with E-state index in [9.17, 15) is 8.42 Å². The molecule has 0 amide bonds. The van der Waals surface area contributed by atoms with Crippen LogP contribution in [0, 0.1) is 0 Å². The van der Waals surface area contributed by atoms with Crippen LogP contribution in [-0.2, 0) is 16.6 Å². The van der Waals surface area contributed by atoms with Gasteiger partial charge in [0.05, 0.1) is 7.11 Å². The molecule has 0 aromatic heterocycles. The molecule has 5 nitrogen and oxygen atoms in total. The highest BCUT2D eigenvalue weighted by Crippen LogP contribution is 2.12. The molecule has 0 unspecified atom stereocenters. The Morgan fingerprint density at radius 2 is 1.95 bits per heavy atom. The van der Waals surface area contributed by atoms with Crippen LogP contribution in [0.5, 0.6) is 5.75 Å². The summed E-state index contributed by atoms with van der Waals surface area (Å²) in [6, 6.07) is 7.62. The van der Waals surface area contributed by atoms with Crippen molar-refractivity contribution in [1.82, 2.24) is 9.03 Å². The van der Waals surface area contributed by atoms with Gasteiger partial charge in [0.15, 0.2) is 0 Å². The molecule has 0 aliphatic heterocycles. The zero-order valence-corrected chi connectivity index (χ0v) is 12.5. The van der Waals surface area contributed by atoms with Gasteiger partial charge >= 0.3 is 0 Å². The Morgan fingerprint density at radius 3 is 2.53 bits per heavy atom. The number of hydrogen-bond donors (Lipinski definition) is 1. The topological polar surface area (TPSA) is 58.6 Å². The van der Waals surface area contributed by atoms with Gasteiger partial charge in [0, 0.05) is 19.6 Å². The van der Waals surface area contributed by atoms with Crippen LogP contribution in [0.15, 0.2) is 24.3 Å². The summed E-state index contributed by atoms with van der Waals surface area (Å²) < 4.78 is 32.9. The molecular weight excluding hydrogens is 264 g/mol. The molecule has 19 heavy (non-hydrogen) atoms. The third-order valence-corrected chi connectivity index (χ3v) is 4.64. The molecule has 0 fully saturated rings. The maximum atomic E-state index is 11.9. The first-order valence-corrected chi connectivity index (χ1v) is 7.85. The lowest BCUT2D eigenvalue weighted by atomic mass is 10.1. The predicted octanol–water partition coefficient (Wildman–Crippen LogP) is 1.41. The zero-order valence-electron chi connectivity index (χ0n) is 11.7. The standard InChI is InChI=1S/C13H22N2O3S/c1-4-15(5-2)19(16,17)14-10-9-12-7-6-8-13(11-12)18-3/h6-8,11,14H,4-5,9-10H2,1-3H3. The van der Waals surface area contributed by atoms with Crippen molar-refractivity contribution in [2.45, 2.75) is 20.3 Å². The summed E-state index contributed by atoms with van der Waals surface area (Å²) in [5, 5.41) is 0. The van der Waals surface area contributed by atoms with E-state index in [-0.39, 0.29) is 0 Å². The van der Waals surface area contributed by atoms with E-state index in [2.05, 4.69) is 4.72 Å². The van der Waals surface area contributed by atoms with Crippen LogP contribution in [0.25, 0.3) is 0 Å². The highest BCUT2D eigenvalue weighted by Gasteiger charge is 2.17. The molecule has 1 aromatic rings. The van der Waals surface area contributed by atoms with Crippen LogP contribution in [-0.4, -0.2) is 39.5 Å². The van der Waals surface area contributed by atoms with Gasteiger partial charge in [0.25, 0.3) is 10.2 Å². The van der Waals surface area contributed by atoms with Gasteiger partial charge < -0.3 is 4.74 Å². The number of rotatable bonds is 8. The van der Waals surface area contributed by atoms with E-state index in [0.717, 1.165) is 11.3 Å². The van der Waals surface area contributed by atoms with E-state index in [4.69, 9.17) is 4.74 Å². The zero-order chi connectivity index (χ0) is 14.3. The van der Waals surface area contributed by atoms with Crippen LogP contribution in [0.4, 0.5) is 0 Å². The highest BCUT2D eigenvalue weighted by atomic mass is 32.2. The van der Waals surface area contributed by atoms with Crippen molar-refractivity contribution >= 4 is 10.2 Å². The van der Waals surface area contributed by atoms with E-state index < -0.39 is 10.2 Å². The lowest BCUT2D eigenvalue weighted by Gasteiger charge is -2.18. The van der Waals surface area contributed by atoms with E-state index >= 15 is 0 Å². The van der Waals surface area contributed by atoms with Gasteiger partial charge in [-0.3, -0.25) is 0 Å². The van der Waals surface area contributed by atoms with Gasteiger partial charge in [-0.05, 0) is 24.1 Å². The summed E-state index contributed by atoms with van der Waals surface area (Å²) in [6.07, 6.45) is 0.637. The molecule has 1 rings (SSSR count). The van der Waals surface area contributed by atoms with Gasteiger partial charge in [-0.1, -0.05) is 26.0 Å². The summed E-state index contributed by atoms with van der Waals surface area (Å²) in [5.74, 6) is 0.782. The molecule has 0 bridgehead atoms. The lowest BCUT2D eigenvalue weighted by molar-refractivity contribution is 0.414. The summed E-state index contributed by atoms with van der Waals surface area (Å²) >= 11 is 0. The SMILES string of the molecule is CCN(CC)S(=O)(=O)NCCc1cccc(OC)c1. The van der Waals surface area contributed by atoms with Crippen molar-refractivity contribution in [1.29, 1.82) is 0 Å². The van der Waals surface area contributed by atoms with Crippen molar-refractivity contribution in [3.63, 3.8) is 0 Å². The Bertz CT molecular complexity index is 484. The Kier molecular flexibility index (Phi) is 6.27. The summed E-state index contributed by atoms with van der Waals surface area (Å²) in [5.41, 5.74) is 1.04. The molecule has 0 heterocycles. The van der Waals surface area contributed by atoms with Crippen LogP contribution in [0.3, 0.4) is 0 Å². The fraction of sp³-hybridized carbons (Fsp3) is 0.538. The largest absolute Gasteiger partial charge is 0.497 e. The highest BCUT2D eigenvalue weighted by molar-refractivity contribution is 7.87. The Balaban J connectivity index is 2.54. The molecule has 0 radical (unpaired) electrons. The quantitative estimate of drug-likeness (QED) is 0.786. The average Bonchev–Trinajstić information content (AvgIpc) is 2.40. The Hall–Kier alpha value is -1.11. The predicted molar refractivity (Wildman–Crippen MR) is 76.5 cm³/mol. The number of ether oxygens (including phenoxy) is 1. The second-order valence-electron chi connectivity index (χ2n) is 4.09. The minimum absolute atomic E-state index is 0.381. The molecule has 0 saturated heterocycles. The maximum absolute atomic E-state index is 11.9. The van der Waals surface area contributed by atoms with Gasteiger partial charge in [-0.25, -0.2) is 4.72 Å². The summed E-state index contributed by atoms with van der Waals surface area (Å²) in [4.78, 5) is 0. The number of benzene rings is 1. The summed E-state index contributed by atoms with van der Waals surface area (Å²) in [7, 11) is -1.74. The molecule has 0 aliphatic rings. The summed E-state index contributed by atoms with van der Waals surface area (Å²) in [6.45, 7) is 4.98. The fourth-order valence-electron chi connectivity index (χ4n) is 1.81. The minimum Gasteiger partial charge on any atom is -0.497 e. The number of hydrogen-bond acceptors (Lipinski definition) is 3. The minimum atomic E-state index is -3.36. The van der Waals surface area contributed by atoms with Crippen molar-refractivity contribution in [3.8, 4) is 5.75 Å². The first kappa shape index (κ1) is 15.9. The van der Waals surface area contributed by atoms with Crippen LogP contribution < -0.4 is 9.46 Å². The molecule has 6 heteroatoms. The number of methoxy groups -OCH3 is 1. The fourth-order valence-corrected chi connectivity index (χ4v) is 3.03. The molecule has 0 spiro atoms. The molecule has 0 atom stereocenters. The molecule has 1 aromatic carbocycles. The van der Waals surface area contributed by atoms with Crippen molar-refractivity contribution in [2.24, 2.45) is 0 Å². The third-order valence-electron chi connectivity index (χ3n) is 2.88. The normalized spacial score (nSPS) is 11.8. The van der Waals surface area contributed by atoms with Gasteiger partial charge in [0.2, 0.25) is 0 Å². The molecular formula is C13H22N2O3S. The Labute approximate surface area is 115 Å². The maximum Gasteiger partial charge on any atom is 0.279 e. The van der Waals surface area contributed by atoms with Gasteiger partial charge in [-0.15, -0.1) is 0 Å². The molecule has 108 valence electrons. The smallest absolute Gasteiger partial charge is 0.279 e.